The van der Waals surface area contributed by atoms with Crippen molar-refractivity contribution in [3.8, 4) is 11.6 Å². The van der Waals surface area contributed by atoms with Gasteiger partial charge in [-0.15, -0.1) is 4.80 Å². The fraction of sp³-hybridized carbons (Fsp3) is 0.217. The topological polar surface area (TPSA) is 65.7 Å². The first-order valence-electron chi connectivity index (χ1n) is 9.50. The van der Waals surface area contributed by atoms with E-state index in [1.807, 2.05) is 12.1 Å². The third-order valence-corrected chi connectivity index (χ3v) is 5.03. The summed E-state index contributed by atoms with van der Waals surface area (Å²) in [5, 5.41) is 8.14. The van der Waals surface area contributed by atoms with Crippen LogP contribution in [-0.4, -0.2) is 25.0 Å². The van der Waals surface area contributed by atoms with Crippen molar-refractivity contribution in [1.82, 2.24) is 25.0 Å². The van der Waals surface area contributed by atoms with Crippen LogP contribution in [0.5, 0.6) is 5.75 Å². The Morgan fingerprint density at radius 1 is 0.862 bits per heavy atom. The molecule has 0 bridgehead atoms. The Morgan fingerprint density at radius 3 is 2.14 bits per heavy atom. The Bertz CT molecular complexity index is 1070. The molecule has 146 valence electrons. The lowest BCUT2D eigenvalue weighted by Gasteiger charge is -2.26. The Balaban J connectivity index is 1.45. The van der Waals surface area contributed by atoms with Crippen molar-refractivity contribution in [2.75, 3.05) is 0 Å². The first-order valence-corrected chi connectivity index (χ1v) is 9.50. The van der Waals surface area contributed by atoms with Crippen LogP contribution < -0.4 is 4.74 Å². The summed E-state index contributed by atoms with van der Waals surface area (Å²) in [7, 11) is 0. The molecule has 0 unspecified atom stereocenters. The van der Waals surface area contributed by atoms with Gasteiger partial charge in [0, 0.05) is 5.41 Å². The summed E-state index contributed by atoms with van der Waals surface area (Å²) in [6.45, 7) is 6.90. The number of benzene rings is 2. The molecule has 4 rings (SSSR count). The van der Waals surface area contributed by atoms with Gasteiger partial charge in [0.15, 0.2) is 5.82 Å². The smallest absolute Gasteiger partial charge is 0.193 e. The maximum atomic E-state index is 5.90. The quantitative estimate of drug-likeness (QED) is 0.496. The van der Waals surface area contributed by atoms with E-state index >= 15 is 0 Å². The second-order valence-electron chi connectivity index (χ2n) is 7.49. The molecule has 6 nitrogen and oxygen atoms in total. The normalized spacial score (nSPS) is 11.4. The van der Waals surface area contributed by atoms with Crippen molar-refractivity contribution in [2.24, 2.45) is 0 Å². The van der Waals surface area contributed by atoms with E-state index in [2.05, 4.69) is 77.3 Å². The van der Waals surface area contributed by atoms with E-state index in [0.29, 0.717) is 18.1 Å². The summed E-state index contributed by atoms with van der Waals surface area (Å²) in [6.07, 6.45) is 6.50. The van der Waals surface area contributed by atoms with Gasteiger partial charge in [-0.2, -0.15) is 10.2 Å². The lowest BCUT2D eigenvalue weighted by molar-refractivity contribution is 0.300. The van der Waals surface area contributed by atoms with Crippen LogP contribution in [0.15, 0.2) is 73.3 Å². The van der Waals surface area contributed by atoms with Crippen molar-refractivity contribution in [1.29, 1.82) is 0 Å². The Morgan fingerprint density at radius 2 is 1.48 bits per heavy atom. The summed E-state index contributed by atoms with van der Waals surface area (Å²) in [6, 6.07) is 16.9. The molecule has 0 saturated carbocycles. The molecule has 0 N–H and O–H groups in total. The minimum atomic E-state index is -0.0806. The molecule has 0 radical (unpaired) electrons. The number of ether oxygens (including phenoxy) is 1. The number of hydrogen-bond donors (Lipinski definition) is 0. The number of aromatic nitrogens is 5. The zero-order valence-electron chi connectivity index (χ0n) is 16.8. The van der Waals surface area contributed by atoms with E-state index in [0.717, 1.165) is 5.75 Å². The van der Waals surface area contributed by atoms with Crippen molar-refractivity contribution >= 4 is 0 Å². The lowest BCUT2D eigenvalue weighted by atomic mass is 9.78. The van der Waals surface area contributed by atoms with Gasteiger partial charge >= 0.3 is 0 Å². The standard InChI is InChI=1S/C23H23N5O/c1-17-4-6-18(7-5-17)23(2,3)19-8-10-21(11-9-19)29-16-20-14-24-15-22(27-20)28-25-12-13-26-28/h4-15H,16H2,1-3H3. The molecule has 0 aliphatic rings. The van der Waals surface area contributed by atoms with Gasteiger partial charge in [-0.05, 0) is 30.2 Å². The van der Waals surface area contributed by atoms with Gasteiger partial charge in [-0.3, -0.25) is 4.98 Å². The van der Waals surface area contributed by atoms with Gasteiger partial charge < -0.3 is 4.74 Å². The van der Waals surface area contributed by atoms with E-state index in [9.17, 15) is 0 Å². The largest absolute Gasteiger partial charge is 0.487 e. The summed E-state index contributed by atoms with van der Waals surface area (Å²) < 4.78 is 5.90. The molecule has 2 aromatic carbocycles. The van der Waals surface area contributed by atoms with Crippen LogP contribution in [0.2, 0.25) is 0 Å². The molecule has 0 atom stereocenters. The lowest BCUT2D eigenvalue weighted by Crippen LogP contribution is -2.18. The molecule has 29 heavy (non-hydrogen) atoms. The molecule has 6 heteroatoms. The molecule has 0 aliphatic carbocycles. The van der Waals surface area contributed by atoms with Crippen molar-refractivity contribution in [3.63, 3.8) is 0 Å². The molecular weight excluding hydrogens is 362 g/mol. The highest BCUT2D eigenvalue weighted by molar-refractivity contribution is 5.40. The van der Waals surface area contributed by atoms with Crippen LogP contribution in [0.1, 0.15) is 36.2 Å². The highest BCUT2D eigenvalue weighted by Crippen LogP contribution is 2.32. The molecule has 0 fully saturated rings. The minimum Gasteiger partial charge on any atom is -0.487 e. The van der Waals surface area contributed by atoms with Crippen LogP contribution in [0.4, 0.5) is 0 Å². The summed E-state index contributed by atoms with van der Waals surface area (Å²) >= 11 is 0. The highest BCUT2D eigenvalue weighted by atomic mass is 16.5. The molecular formula is C23H23N5O. The zero-order chi connectivity index (χ0) is 20.3. The Kier molecular flexibility index (Phi) is 5.08. The molecule has 0 amide bonds. The van der Waals surface area contributed by atoms with Gasteiger partial charge in [0.1, 0.15) is 12.4 Å². The second kappa shape index (κ2) is 7.83. The fourth-order valence-electron chi connectivity index (χ4n) is 3.16. The van der Waals surface area contributed by atoms with Crippen LogP contribution in [0, 0.1) is 6.92 Å². The Labute approximate surface area is 170 Å². The van der Waals surface area contributed by atoms with Gasteiger partial charge in [0.25, 0.3) is 0 Å². The van der Waals surface area contributed by atoms with Crippen LogP contribution in [-0.2, 0) is 12.0 Å². The van der Waals surface area contributed by atoms with Crippen molar-refractivity contribution in [2.45, 2.75) is 32.8 Å². The average molecular weight is 385 g/mol. The van der Waals surface area contributed by atoms with Crippen molar-refractivity contribution in [3.05, 3.63) is 95.7 Å². The number of hydrogen-bond acceptors (Lipinski definition) is 5. The minimum absolute atomic E-state index is 0.0806. The van der Waals surface area contributed by atoms with E-state index in [1.165, 1.54) is 21.5 Å². The average Bonchev–Trinajstić information content (AvgIpc) is 3.28. The molecule has 0 saturated heterocycles. The highest BCUT2D eigenvalue weighted by Gasteiger charge is 2.22. The SMILES string of the molecule is Cc1ccc(C(C)(C)c2ccc(OCc3cncc(-n4nccn4)n3)cc2)cc1. The third kappa shape index (κ3) is 4.16. The van der Waals surface area contributed by atoms with Gasteiger partial charge in [-0.25, -0.2) is 4.98 Å². The monoisotopic (exact) mass is 385 g/mol. The zero-order valence-corrected chi connectivity index (χ0v) is 16.8. The van der Waals surface area contributed by atoms with E-state index < -0.39 is 0 Å². The molecule has 0 aliphatic heterocycles. The van der Waals surface area contributed by atoms with E-state index in [4.69, 9.17) is 4.74 Å². The first kappa shape index (κ1) is 18.8. The van der Waals surface area contributed by atoms with Crippen LogP contribution >= 0.6 is 0 Å². The molecule has 2 aromatic heterocycles. The molecule has 4 aromatic rings. The van der Waals surface area contributed by atoms with E-state index in [1.54, 1.807) is 24.8 Å². The van der Waals surface area contributed by atoms with Gasteiger partial charge in [0.05, 0.1) is 30.5 Å². The second-order valence-corrected chi connectivity index (χ2v) is 7.49. The van der Waals surface area contributed by atoms with Crippen LogP contribution in [0.3, 0.4) is 0 Å². The van der Waals surface area contributed by atoms with Gasteiger partial charge in [0.2, 0.25) is 0 Å². The fourth-order valence-corrected chi connectivity index (χ4v) is 3.16. The maximum Gasteiger partial charge on any atom is 0.193 e. The third-order valence-electron chi connectivity index (χ3n) is 5.03. The maximum absolute atomic E-state index is 5.90. The van der Waals surface area contributed by atoms with E-state index in [-0.39, 0.29) is 5.41 Å². The van der Waals surface area contributed by atoms with Crippen LogP contribution in [0.25, 0.3) is 5.82 Å². The summed E-state index contributed by atoms with van der Waals surface area (Å²) in [4.78, 5) is 10.1. The van der Waals surface area contributed by atoms with Crippen molar-refractivity contribution < 1.29 is 4.74 Å². The molecule has 2 heterocycles. The number of aryl methyl sites for hydroxylation is 1. The predicted octanol–water partition coefficient (Wildman–Crippen LogP) is 4.27. The predicted molar refractivity (Wildman–Crippen MR) is 111 cm³/mol. The van der Waals surface area contributed by atoms with Gasteiger partial charge in [-0.1, -0.05) is 55.8 Å². The first-order chi connectivity index (χ1) is 14.0. The number of nitrogens with zero attached hydrogens (tertiary/aromatic N) is 5. The summed E-state index contributed by atoms with van der Waals surface area (Å²) in [5.74, 6) is 1.35. The summed E-state index contributed by atoms with van der Waals surface area (Å²) in [5.41, 5.74) is 4.42. The Hall–Kier alpha value is -3.54. The number of rotatable bonds is 6. The molecule has 0 spiro atoms.